The van der Waals surface area contributed by atoms with Crippen molar-refractivity contribution in [1.29, 1.82) is 0 Å². The van der Waals surface area contributed by atoms with E-state index < -0.39 is 10.1 Å². The summed E-state index contributed by atoms with van der Waals surface area (Å²) in [7, 11) is -4.47. The van der Waals surface area contributed by atoms with Crippen molar-refractivity contribution in [2.75, 3.05) is 0 Å². The van der Waals surface area contributed by atoms with Crippen LogP contribution < -0.4 is 34.3 Å². The fourth-order valence-electron chi connectivity index (χ4n) is 1.95. The molecular formula is C16H21NaO5S. The molecule has 0 bridgehead atoms. The maximum atomic E-state index is 11.6. The molecule has 23 heavy (non-hydrogen) atoms. The second kappa shape index (κ2) is 11.8. The van der Waals surface area contributed by atoms with Gasteiger partial charge in [0.15, 0.2) is 0 Å². The van der Waals surface area contributed by atoms with Gasteiger partial charge in [-0.25, -0.2) is 8.42 Å². The number of carbonyl (C=O) groups is 1. The first-order valence-corrected chi connectivity index (χ1v) is 8.72. The monoisotopic (exact) mass is 348 g/mol. The van der Waals surface area contributed by atoms with Crippen molar-refractivity contribution in [3.8, 4) is 5.75 Å². The van der Waals surface area contributed by atoms with E-state index in [1.807, 2.05) is 6.08 Å². The van der Waals surface area contributed by atoms with Gasteiger partial charge in [0.25, 0.3) is 0 Å². The van der Waals surface area contributed by atoms with E-state index in [9.17, 15) is 17.8 Å². The van der Waals surface area contributed by atoms with Gasteiger partial charge in [0.1, 0.15) is 15.9 Å². The minimum absolute atomic E-state index is 0. The summed E-state index contributed by atoms with van der Waals surface area (Å²) in [5, 5.41) is 0. The molecule has 1 aromatic carbocycles. The maximum Gasteiger partial charge on any atom is 1.00 e. The zero-order valence-electron chi connectivity index (χ0n) is 13.5. The molecule has 0 saturated heterocycles. The summed E-state index contributed by atoms with van der Waals surface area (Å²) in [5.41, 5.74) is 0. The fourth-order valence-corrected chi connectivity index (χ4v) is 2.41. The smallest absolute Gasteiger partial charge is 0.744 e. The van der Waals surface area contributed by atoms with Crippen LogP contribution in [0, 0.1) is 0 Å². The van der Waals surface area contributed by atoms with Crippen LogP contribution >= 0.6 is 0 Å². The molecule has 0 unspecified atom stereocenters. The molecule has 0 atom stereocenters. The Morgan fingerprint density at radius 3 is 2.22 bits per heavy atom. The summed E-state index contributed by atoms with van der Waals surface area (Å²) in [4.78, 5) is 11.3. The number of unbranched alkanes of at least 4 members (excludes halogenated alkanes) is 5. The molecule has 7 heteroatoms. The molecule has 0 aliphatic carbocycles. The number of rotatable bonds is 10. The summed E-state index contributed by atoms with van der Waals surface area (Å²) in [5.74, 6) is -0.118. The van der Waals surface area contributed by atoms with Crippen LogP contribution in [-0.2, 0) is 14.9 Å². The number of benzene rings is 1. The summed E-state index contributed by atoms with van der Waals surface area (Å²) in [6.45, 7) is 3.66. The predicted molar refractivity (Wildman–Crippen MR) is 82.6 cm³/mol. The molecule has 1 aromatic rings. The molecule has 0 radical (unpaired) electrons. The van der Waals surface area contributed by atoms with Crippen LogP contribution in [0.4, 0.5) is 0 Å². The molecule has 0 heterocycles. The van der Waals surface area contributed by atoms with Crippen LogP contribution in [0.15, 0.2) is 41.8 Å². The van der Waals surface area contributed by atoms with Crippen LogP contribution in [0.3, 0.4) is 0 Å². The normalized spacial score (nSPS) is 10.7. The molecule has 0 amide bonds. The summed E-state index contributed by atoms with van der Waals surface area (Å²) in [6, 6.07) is 4.87. The summed E-state index contributed by atoms with van der Waals surface area (Å²) >= 11 is 0. The first-order valence-electron chi connectivity index (χ1n) is 7.31. The van der Waals surface area contributed by atoms with Crippen molar-refractivity contribution in [2.24, 2.45) is 0 Å². The molecule has 0 aromatic heterocycles. The second-order valence-corrected chi connectivity index (χ2v) is 6.37. The van der Waals surface area contributed by atoms with Gasteiger partial charge in [-0.15, -0.1) is 6.58 Å². The Kier molecular flexibility index (Phi) is 11.5. The molecule has 0 aliphatic rings. The van der Waals surface area contributed by atoms with Gasteiger partial charge in [-0.3, -0.25) is 4.79 Å². The van der Waals surface area contributed by atoms with Gasteiger partial charge in [-0.1, -0.05) is 25.3 Å². The topological polar surface area (TPSA) is 83.5 Å². The van der Waals surface area contributed by atoms with Gasteiger partial charge in [-0.05, 0) is 43.5 Å². The average Bonchev–Trinajstić information content (AvgIpc) is 2.46. The Morgan fingerprint density at radius 1 is 1.09 bits per heavy atom. The van der Waals surface area contributed by atoms with Crippen molar-refractivity contribution in [3.05, 3.63) is 36.9 Å². The number of ether oxygens (including phenoxy) is 1. The molecule has 5 nitrogen and oxygen atoms in total. The molecular weight excluding hydrogens is 327 g/mol. The number of esters is 1. The largest absolute Gasteiger partial charge is 1.00 e. The van der Waals surface area contributed by atoms with Crippen LogP contribution in [0.1, 0.15) is 44.9 Å². The Hall–Kier alpha value is -0.660. The standard InChI is InChI=1S/C16H22O5S.Na/c1-2-3-4-5-6-7-8-9-16(17)21-14-10-12-15(13-11-14)22(18,19)20;/h2,10-13H,1,3-9H2,(H,18,19,20);/q;+1/p-1. The van der Waals surface area contributed by atoms with E-state index in [0.29, 0.717) is 6.42 Å². The Labute approximate surface area is 160 Å². The second-order valence-electron chi connectivity index (χ2n) is 4.99. The molecule has 0 spiro atoms. The Balaban J connectivity index is 0.00000484. The van der Waals surface area contributed by atoms with Crippen LogP contribution in [0.2, 0.25) is 0 Å². The molecule has 0 saturated carbocycles. The Bertz CT molecular complexity index is 581. The summed E-state index contributed by atoms with van der Waals surface area (Å²) < 4.78 is 37.4. The van der Waals surface area contributed by atoms with E-state index in [1.165, 1.54) is 12.1 Å². The van der Waals surface area contributed by atoms with Crippen LogP contribution in [0.5, 0.6) is 5.75 Å². The molecule has 0 N–H and O–H groups in total. The number of hydrogen-bond donors (Lipinski definition) is 0. The Morgan fingerprint density at radius 2 is 1.65 bits per heavy atom. The van der Waals surface area contributed by atoms with Crippen molar-refractivity contribution in [2.45, 2.75) is 49.8 Å². The van der Waals surface area contributed by atoms with Gasteiger partial charge >= 0.3 is 35.5 Å². The molecule has 122 valence electrons. The first-order chi connectivity index (χ1) is 10.4. The van der Waals surface area contributed by atoms with E-state index >= 15 is 0 Å². The van der Waals surface area contributed by atoms with E-state index in [1.54, 1.807) is 0 Å². The minimum Gasteiger partial charge on any atom is -0.744 e. The van der Waals surface area contributed by atoms with Crippen molar-refractivity contribution < 1.29 is 52.1 Å². The molecule has 0 fully saturated rings. The number of carbonyl (C=O) groups excluding carboxylic acids is 1. The van der Waals surface area contributed by atoms with Gasteiger partial charge in [0.2, 0.25) is 0 Å². The predicted octanol–water partition coefficient (Wildman–Crippen LogP) is 0.417. The average molecular weight is 348 g/mol. The van der Waals surface area contributed by atoms with Crippen LogP contribution in [0.25, 0.3) is 0 Å². The van der Waals surface area contributed by atoms with Gasteiger partial charge in [-0.2, -0.15) is 0 Å². The van der Waals surface area contributed by atoms with Crippen molar-refractivity contribution in [1.82, 2.24) is 0 Å². The minimum atomic E-state index is -4.47. The van der Waals surface area contributed by atoms with E-state index in [0.717, 1.165) is 50.7 Å². The number of allylic oxidation sites excluding steroid dienone is 1. The summed E-state index contributed by atoms with van der Waals surface area (Å²) in [6.07, 6.45) is 8.33. The van der Waals surface area contributed by atoms with Gasteiger partial charge in [0.05, 0.1) is 4.90 Å². The van der Waals surface area contributed by atoms with E-state index in [2.05, 4.69) is 6.58 Å². The van der Waals surface area contributed by atoms with E-state index in [4.69, 9.17) is 4.74 Å². The third-order valence-electron chi connectivity index (χ3n) is 3.13. The fraction of sp³-hybridized carbons (Fsp3) is 0.438. The third-order valence-corrected chi connectivity index (χ3v) is 3.98. The van der Waals surface area contributed by atoms with Crippen LogP contribution in [-0.4, -0.2) is 18.9 Å². The van der Waals surface area contributed by atoms with Crippen molar-refractivity contribution in [3.63, 3.8) is 0 Å². The molecule has 0 aliphatic heterocycles. The zero-order valence-corrected chi connectivity index (χ0v) is 16.3. The first kappa shape index (κ1) is 22.3. The van der Waals surface area contributed by atoms with Crippen molar-refractivity contribution >= 4 is 16.1 Å². The van der Waals surface area contributed by atoms with Gasteiger partial charge in [0, 0.05) is 6.42 Å². The zero-order chi connectivity index (χ0) is 16.4. The number of hydrogen-bond acceptors (Lipinski definition) is 5. The SMILES string of the molecule is C=CCCCCCCCC(=O)Oc1ccc(S(=O)(=O)[O-])cc1.[Na+]. The quantitative estimate of drug-likeness (QED) is 0.153. The molecule has 1 rings (SSSR count). The maximum absolute atomic E-state index is 11.6. The third kappa shape index (κ3) is 9.94. The van der Waals surface area contributed by atoms with Gasteiger partial charge < -0.3 is 9.29 Å². The van der Waals surface area contributed by atoms with E-state index in [-0.39, 0.29) is 46.2 Å².